The van der Waals surface area contributed by atoms with Crippen LogP contribution in [0.3, 0.4) is 0 Å². The summed E-state index contributed by atoms with van der Waals surface area (Å²) < 4.78 is 11.3. The Hall–Kier alpha value is -1.70. The molecule has 7 heteroatoms. The molecule has 1 aromatic rings. The van der Waals surface area contributed by atoms with Gasteiger partial charge in [-0.05, 0) is 50.7 Å². The van der Waals surface area contributed by atoms with Gasteiger partial charge in [0, 0.05) is 25.2 Å². The molecule has 0 radical (unpaired) electrons. The number of carbonyl (C=O) groups is 1. The third-order valence-corrected chi connectivity index (χ3v) is 6.42. The van der Waals surface area contributed by atoms with Gasteiger partial charge in [0.25, 0.3) is 5.91 Å². The third kappa shape index (κ3) is 3.11. The first-order valence-electron chi connectivity index (χ1n) is 9.77. The predicted octanol–water partition coefficient (Wildman–Crippen LogP) is 1.09. The number of pyridine rings is 1. The maximum Gasteiger partial charge on any atom is 0.259 e. The molecule has 2 aliphatic heterocycles. The van der Waals surface area contributed by atoms with Crippen molar-refractivity contribution >= 4 is 5.91 Å². The second-order valence-electron chi connectivity index (χ2n) is 8.22. The standard InChI is InChI=1S/C20H28N2O5/c1-19(25)8-11-27-20(18(19)24)6-9-22(10-7-20)17(23)14-12-13-4-3-5-15(13)21-16(14)26-2/h12,18,24-25H,3-11H2,1-2H3/t18-,19+/m0/s1. The van der Waals surface area contributed by atoms with Crippen molar-refractivity contribution in [3.8, 4) is 5.88 Å². The summed E-state index contributed by atoms with van der Waals surface area (Å²) >= 11 is 0. The molecule has 2 fully saturated rings. The lowest BCUT2D eigenvalue weighted by molar-refractivity contribution is -0.244. The normalized spacial score (nSPS) is 29.6. The van der Waals surface area contributed by atoms with Gasteiger partial charge in [-0.2, -0.15) is 0 Å². The summed E-state index contributed by atoms with van der Waals surface area (Å²) in [6.45, 7) is 3.00. The molecule has 1 amide bonds. The summed E-state index contributed by atoms with van der Waals surface area (Å²) in [5.41, 5.74) is 0.735. The van der Waals surface area contributed by atoms with Crippen LogP contribution >= 0.6 is 0 Å². The number of piperidine rings is 1. The highest BCUT2D eigenvalue weighted by Gasteiger charge is 2.53. The third-order valence-electron chi connectivity index (χ3n) is 6.42. The van der Waals surface area contributed by atoms with Crippen LogP contribution in [0.1, 0.15) is 54.2 Å². The maximum atomic E-state index is 13.1. The number of aromatic nitrogens is 1. The molecule has 2 atom stereocenters. The largest absolute Gasteiger partial charge is 0.480 e. The second-order valence-corrected chi connectivity index (χ2v) is 8.22. The maximum absolute atomic E-state index is 13.1. The van der Waals surface area contributed by atoms with E-state index in [2.05, 4.69) is 4.98 Å². The summed E-state index contributed by atoms with van der Waals surface area (Å²) in [6, 6.07) is 1.93. The lowest BCUT2D eigenvalue weighted by atomic mass is 9.75. The van der Waals surface area contributed by atoms with E-state index in [0.29, 0.717) is 50.4 Å². The summed E-state index contributed by atoms with van der Waals surface area (Å²) in [5, 5.41) is 21.1. The van der Waals surface area contributed by atoms with Crippen LogP contribution in [0.4, 0.5) is 0 Å². The molecule has 0 unspecified atom stereocenters. The van der Waals surface area contributed by atoms with Gasteiger partial charge in [-0.15, -0.1) is 0 Å². The van der Waals surface area contributed by atoms with Crippen molar-refractivity contribution in [3.05, 3.63) is 22.9 Å². The van der Waals surface area contributed by atoms with Gasteiger partial charge in [0.05, 0.1) is 19.3 Å². The fourth-order valence-electron chi connectivity index (χ4n) is 4.68. The number of aliphatic hydroxyl groups excluding tert-OH is 1. The van der Waals surface area contributed by atoms with Gasteiger partial charge in [-0.3, -0.25) is 4.79 Å². The first-order chi connectivity index (χ1) is 12.9. The number of amides is 1. The second kappa shape index (κ2) is 6.72. The van der Waals surface area contributed by atoms with E-state index in [1.165, 1.54) is 0 Å². The van der Waals surface area contributed by atoms with Crippen LogP contribution in [-0.4, -0.2) is 70.1 Å². The molecule has 1 aliphatic carbocycles. The van der Waals surface area contributed by atoms with Crippen molar-refractivity contribution in [2.75, 3.05) is 26.8 Å². The minimum Gasteiger partial charge on any atom is -0.480 e. The average molecular weight is 376 g/mol. The van der Waals surface area contributed by atoms with Crippen molar-refractivity contribution in [1.29, 1.82) is 0 Å². The zero-order valence-corrected chi connectivity index (χ0v) is 16.0. The van der Waals surface area contributed by atoms with E-state index in [0.717, 1.165) is 30.5 Å². The highest BCUT2D eigenvalue weighted by molar-refractivity contribution is 5.96. The zero-order chi connectivity index (χ0) is 19.2. The van der Waals surface area contributed by atoms with Crippen molar-refractivity contribution in [2.24, 2.45) is 0 Å². The molecule has 4 rings (SSSR count). The number of hydrogen-bond donors (Lipinski definition) is 2. The Morgan fingerprint density at radius 2 is 2.07 bits per heavy atom. The van der Waals surface area contributed by atoms with E-state index in [-0.39, 0.29) is 5.91 Å². The molecule has 2 N–H and O–H groups in total. The van der Waals surface area contributed by atoms with Crippen molar-refractivity contribution in [3.63, 3.8) is 0 Å². The highest BCUT2D eigenvalue weighted by Crippen LogP contribution is 2.40. The van der Waals surface area contributed by atoms with Gasteiger partial charge in [0.15, 0.2) is 0 Å². The molecule has 7 nitrogen and oxygen atoms in total. The van der Waals surface area contributed by atoms with E-state index >= 15 is 0 Å². The predicted molar refractivity (Wildman–Crippen MR) is 97.9 cm³/mol. The quantitative estimate of drug-likeness (QED) is 0.803. The topological polar surface area (TPSA) is 92.1 Å². The first kappa shape index (κ1) is 18.7. The number of nitrogens with zero attached hydrogens (tertiary/aromatic N) is 2. The molecule has 27 heavy (non-hydrogen) atoms. The van der Waals surface area contributed by atoms with Gasteiger partial charge >= 0.3 is 0 Å². The number of aliphatic hydroxyl groups is 2. The number of methoxy groups -OCH3 is 1. The summed E-state index contributed by atoms with van der Waals surface area (Å²) in [4.78, 5) is 19.4. The Labute approximate surface area is 159 Å². The average Bonchev–Trinajstić information content (AvgIpc) is 3.12. The van der Waals surface area contributed by atoms with Crippen LogP contribution < -0.4 is 4.74 Å². The van der Waals surface area contributed by atoms with Crippen LogP contribution in [0.5, 0.6) is 5.88 Å². The lowest BCUT2D eigenvalue weighted by Crippen LogP contribution is -2.64. The molecular formula is C20H28N2O5. The van der Waals surface area contributed by atoms with Crippen LogP contribution in [0.15, 0.2) is 6.07 Å². The highest BCUT2D eigenvalue weighted by atomic mass is 16.5. The number of ether oxygens (including phenoxy) is 2. The molecule has 3 aliphatic rings. The summed E-state index contributed by atoms with van der Waals surface area (Å²) in [7, 11) is 1.54. The number of aryl methyl sites for hydroxylation is 2. The number of carbonyl (C=O) groups excluding carboxylic acids is 1. The Bertz CT molecular complexity index is 740. The van der Waals surface area contributed by atoms with Crippen LogP contribution in [0.2, 0.25) is 0 Å². The number of fused-ring (bicyclic) bond motifs is 1. The van der Waals surface area contributed by atoms with Gasteiger partial charge in [-0.1, -0.05) is 0 Å². The van der Waals surface area contributed by atoms with E-state index < -0.39 is 17.3 Å². The minimum absolute atomic E-state index is 0.0963. The first-order valence-corrected chi connectivity index (χ1v) is 9.77. The fraction of sp³-hybridized carbons (Fsp3) is 0.700. The number of rotatable bonds is 2. The van der Waals surface area contributed by atoms with E-state index in [1.54, 1.807) is 18.9 Å². The van der Waals surface area contributed by atoms with Crippen molar-refractivity contribution < 1.29 is 24.5 Å². The van der Waals surface area contributed by atoms with Gasteiger partial charge in [-0.25, -0.2) is 4.98 Å². The van der Waals surface area contributed by atoms with E-state index in [4.69, 9.17) is 9.47 Å². The van der Waals surface area contributed by atoms with Crippen molar-refractivity contribution in [1.82, 2.24) is 9.88 Å². The molecule has 0 bridgehead atoms. The van der Waals surface area contributed by atoms with Crippen LogP contribution in [-0.2, 0) is 17.6 Å². The Balaban J connectivity index is 1.51. The Kier molecular flexibility index (Phi) is 4.64. The lowest BCUT2D eigenvalue weighted by Gasteiger charge is -2.51. The smallest absolute Gasteiger partial charge is 0.259 e. The van der Waals surface area contributed by atoms with Crippen LogP contribution in [0.25, 0.3) is 0 Å². The van der Waals surface area contributed by atoms with Gasteiger partial charge in [0.1, 0.15) is 17.3 Å². The molecule has 2 saturated heterocycles. The molecule has 1 aromatic heterocycles. The zero-order valence-electron chi connectivity index (χ0n) is 16.0. The molecule has 3 heterocycles. The molecule has 148 valence electrons. The van der Waals surface area contributed by atoms with Gasteiger partial charge < -0.3 is 24.6 Å². The minimum atomic E-state index is -1.16. The van der Waals surface area contributed by atoms with Crippen LogP contribution in [0, 0.1) is 0 Å². The SMILES string of the molecule is COc1nc2c(cc1C(=O)N1CCC3(CC1)OCC[C@@](C)(O)[C@@H]3O)CCC2. The molecular weight excluding hydrogens is 348 g/mol. The number of hydrogen-bond acceptors (Lipinski definition) is 6. The van der Waals surface area contributed by atoms with Crippen molar-refractivity contribution in [2.45, 2.75) is 62.8 Å². The molecule has 0 aromatic carbocycles. The summed E-state index contributed by atoms with van der Waals surface area (Å²) in [5.74, 6) is 0.291. The van der Waals surface area contributed by atoms with E-state index in [9.17, 15) is 15.0 Å². The van der Waals surface area contributed by atoms with E-state index in [1.807, 2.05) is 6.07 Å². The fourth-order valence-corrected chi connectivity index (χ4v) is 4.68. The molecule has 0 saturated carbocycles. The summed E-state index contributed by atoms with van der Waals surface area (Å²) in [6.07, 6.45) is 3.40. The van der Waals surface area contributed by atoms with Gasteiger partial charge in [0.2, 0.25) is 5.88 Å². The Morgan fingerprint density at radius 1 is 1.33 bits per heavy atom. The molecule has 1 spiro atoms. The monoisotopic (exact) mass is 376 g/mol. The number of likely N-dealkylation sites (tertiary alicyclic amines) is 1. The Morgan fingerprint density at radius 3 is 2.78 bits per heavy atom.